The molecule has 6 nitrogen and oxygen atoms in total. The van der Waals surface area contributed by atoms with E-state index in [4.69, 9.17) is 5.14 Å². The standard InChI is InChI=1S/C19H25N3O3S/c1-3-22(4-2)17-8-7-16(19(23)13-17)14-21-12-11-15-5-9-18(10-6-15)26(20,24)25/h5-10,13-14,23H,3-4,11-12H2,1-2H3,(H2,20,24,25). The number of sulfonamides is 1. The normalized spacial score (nSPS) is 11.8. The summed E-state index contributed by atoms with van der Waals surface area (Å²) in [5.74, 6) is 0.204. The van der Waals surface area contributed by atoms with Crippen molar-refractivity contribution in [1.82, 2.24) is 0 Å². The average Bonchev–Trinajstić information content (AvgIpc) is 2.61. The lowest BCUT2D eigenvalue weighted by Crippen LogP contribution is -2.21. The topological polar surface area (TPSA) is 96.0 Å². The molecule has 2 rings (SSSR count). The minimum absolute atomic E-state index is 0.1000. The molecule has 0 saturated heterocycles. The Morgan fingerprint density at radius 2 is 1.77 bits per heavy atom. The predicted molar refractivity (Wildman–Crippen MR) is 106 cm³/mol. The van der Waals surface area contributed by atoms with Gasteiger partial charge in [-0.3, -0.25) is 4.99 Å². The molecule has 26 heavy (non-hydrogen) atoms. The number of aliphatic imine (C=N–C) groups is 1. The van der Waals surface area contributed by atoms with Crippen LogP contribution in [0.15, 0.2) is 52.4 Å². The molecule has 0 spiro atoms. The first-order valence-electron chi connectivity index (χ1n) is 8.54. The Morgan fingerprint density at radius 3 is 2.31 bits per heavy atom. The number of phenols is 1. The summed E-state index contributed by atoms with van der Waals surface area (Å²) < 4.78 is 22.5. The van der Waals surface area contributed by atoms with Crippen LogP contribution in [-0.2, 0) is 16.4 Å². The van der Waals surface area contributed by atoms with E-state index in [1.165, 1.54) is 12.1 Å². The highest BCUT2D eigenvalue weighted by Crippen LogP contribution is 2.23. The van der Waals surface area contributed by atoms with Crippen molar-refractivity contribution in [2.45, 2.75) is 25.2 Å². The molecule has 140 valence electrons. The van der Waals surface area contributed by atoms with Gasteiger partial charge >= 0.3 is 0 Å². The molecule has 2 aromatic carbocycles. The molecule has 0 atom stereocenters. The Kier molecular flexibility index (Phi) is 6.76. The lowest BCUT2D eigenvalue weighted by atomic mass is 10.1. The largest absolute Gasteiger partial charge is 0.507 e. The number of benzene rings is 2. The van der Waals surface area contributed by atoms with Gasteiger partial charge in [-0.25, -0.2) is 13.6 Å². The summed E-state index contributed by atoms with van der Waals surface area (Å²) in [4.78, 5) is 6.60. The molecule has 0 fully saturated rings. The van der Waals surface area contributed by atoms with Gasteiger partial charge in [0.2, 0.25) is 10.0 Å². The highest BCUT2D eigenvalue weighted by atomic mass is 32.2. The maximum Gasteiger partial charge on any atom is 0.238 e. The number of nitrogens with two attached hydrogens (primary N) is 1. The molecule has 0 aliphatic heterocycles. The van der Waals surface area contributed by atoms with Crippen LogP contribution in [0.3, 0.4) is 0 Å². The van der Waals surface area contributed by atoms with Crippen molar-refractivity contribution in [3.8, 4) is 5.75 Å². The van der Waals surface area contributed by atoms with E-state index in [9.17, 15) is 13.5 Å². The van der Waals surface area contributed by atoms with E-state index in [-0.39, 0.29) is 10.6 Å². The zero-order valence-corrected chi connectivity index (χ0v) is 15.9. The Bertz CT molecular complexity index is 858. The van der Waals surface area contributed by atoms with Gasteiger partial charge in [0, 0.05) is 43.2 Å². The van der Waals surface area contributed by atoms with E-state index in [0.717, 1.165) is 24.3 Å². The number of nitrogens with zero attached hydrogens (tertiary/aromatic N) is 2. The Morgan fingerprint density at radius 1 is 1.12 bits per heavy atom. The fourth-order valence-electron chi connectivity index (χ4n) is 2.63. The molecule has 0 saturated carbocycles. The van der Waals surface area contributed by atoms with Gasteiger partial charge in [-0.1, -0.05) is 12.1 Å². The van der Waals surface area contributed by atoms with Crippen molar-refractivity contribution in [3.63, 3.8) is 0 Å². The van der Waals surface area contributed by atoms with Crippen LogP contribution in [0.1, 0.15) is 25.0 Å². The van der Waals surface area contributed by atoms with E-state index in [2.05, 4.69) is 23.7 Å². The molecule has 0 aromatic heterocycles. The average molecular weight is 375 g/mol. The zero-order valence-electron chi connectivity index (χ0n) is 15.1. The summed E-state index contributed by atoms with van der Waals surface area (Å²) in [7, 11) is -3.66. The summed E-state index contributed by atoms with van der Waals surface area (Å²) in [5.41, 5.74) is 2.63. The van der Waals surface area contributed by atoms with Crippen molar-refractivity contribution in [2.24, 2.45) is 10.1 Å². The predicted octanol–water partition coefficient (Wildman–Crippen LogP) is 2.55. The second-order valence-electron chi connectivity index (χ2n) is 5.89. The molecule has 7 heteroatoms. The lowest BCUT2D eigenvalue weighted by Gasteiger charge is -2.21. The van der Waals surface area contributed by atoms with Gasteiger partial charge in [-0.05, 0) is 50.1 Å². The summed E-state index contributed by atoms with van der Waals surface area (Å²) in [6.07, 6.45) is 2.32. The molecule has 0 aliphatic carbocycles. The van der Waals surface area contributed by atoms with Gasteiger partial charge in [0.15, 0.2) is 0 Å². The van der Waals surface area contributed by atoms with Crippen LogP contribution < -0.4 is 10.0 Å². The molecule has 0 aliphatic rings. The fraction of sp³-hybridized carbons (Fsp3) is 0.316. The maximum absolute atomic E-state index is 11.2. The number of primary sulfonamides is 1. The maximum atomic E-state index is 11.2. The molecular weight excluding hydrogens is 350 g/mol. The van der Waals surface area contributed by atoms with E-state index < -0.39 is 10.0 Å². The van der Waals surface area contributed by atoms with Crippen LogP contribution in [0.25, 0.3) is 0 Å². The third-order valence-electron chi connectivity index (χ3n) is 4.15. The van der Waals surface area contributed by atoms with E-state index in [1.807, 2.05) is 12.1 Å². The van der Waals surface area contributed by atoms with Crippen LogP contribution in [-0.4, -0.2) is 39.4 Å². The Labute approximate surface area is 155 Å². The number of anilines is 1. The summed E-state index contributed by atoms with van der Waals surface area (Å²) >= 11 is 0. The summed E-state index contributed by atoms with van der Waals surface area (Å²) in [5, 5.41) is 15.2. The van der Waals surface area contributed by atoms with Gasteiger partial charge in [-0.15, -0.1) is 0 Å². The van der Waals surface area contributed by atoms with Crippen LogP contribution >= 0.6 is 0 Å². The van der Waals surface area contributed by atoms with Crippen molar-refractivity contribution in [2.75, 3.05) is 24.5 Å². The van der Waals surface area contributed by atoms with E-state index in [0.29, 0.717) is 18.5 Å². The third kappa shape index (κ3) is 5.31. The monoisotopic (exact) mass is 375 g/mol. The molecular formula is C19H25N3O3S. The van der Waals surface area contributed by atoms with Gasteiger partial charge in [-0.2, -0.15) is 0 Å². The second-order valence-corrected chi connectivity index (χ2v) is 7.45. The molecule has 0 amide bonds. The number of phenolic OH excluding ortho intramolecular Hbond substituents is 1. The van der Waals surface area contributed by atoms with Crippen LogP contribution in [0.4, 0.5) is 5.69 Å². The molecule has 3 N–H and O–H groups in total. The highest BCUT2D eigenvalue weighted by molar-refractivity contribution is 7.89. The highest BCUT2D eigenvalue weighted by Gasteiger charge is 2.07. The van der Waals surface area contributed by atoms with Crippen molar-refractivity contribution < 1.29 is 13.5 Å². The Hall–Kier alpha value is -2.38. The quantitative estimate of drug-likeness (QED) is 0.693. The molecule has 0 bridgehead atoms. The van der Waals surface area contributed by atoms with Gasteiger partial charge < -0.3 is 10.0 Å². The smallest absolute Gasteiger partial charge is 0.238 e. The van der Waals surface area contributed by atoms with Crippen molar-refractivity contribution in [3.05, 3.63) is 53.6 Å². The molecule has 0 unspecified atom stereocenters. The molecule has 2 aromatic rings. The lowest BCUT2D eigenvalue weighted by molar-refractivity contribution is 0.474. The first-order chi connectivity index (χ1) is 12.3. The van der Waals surface area contributed by atoms with Crippen molar-refractivity contribution in [1.29, 1.82) is 0 Å². The van der Waals surface area contributed by atoms with Gasteiger partial charge in [0.05, 0.1) is 4.90 Å². The third-order valence-corrected chi connectivity index (χ3v) is 5.08. The molecule has 0 heterocycles. The Balaban J connectivity index is 1.96. The molecule has 0 radical (unpaired) electrons. The van der Waals surface area contributed by atoms with Crippen LogP contribution in [0.2, 0.25) is 0 Å². The fourth-order valence-corrected chi connectivity index (χ4v) is 3.14. The zero-order chi connectivity index (χ0) is 19.2. The van der Waals surface area contributed by atoms with Gasteiger partial charge in [0.1, 0.15) is 5.75 Å². The number of rotatable bonds is 8. The van der Waals surface area contributed by atoms with Crippen molar-refractivity contribution >= 4 is 21.9 Å². The van der Waals surface area contributed by atoms with Crippen LogP contribution in [0.5, 0.6) is 5.75 Å². The SMILES string of the molecule is CCN(CC)c1ccc(C=NCCc2ccc(S(N)(=O)=O)cc2)c(O)c1. The van der Waals surface area contributed by atoms with E-state index >= 15 is 0 Å². The van der Waals surface area contributed by atoms with Gasteiger partial charge in [0.25, 0.3) is 0 Å². The second kappa shape index (κ2) is 8.82. The first kappa shape index (κ1) is 19.9. The number of hydrogen-bond acceptors (Lipinski definition) is 5. The van der Waals surface area contributed by atoms with Crippen LogP contribution in [0, 0.1) is 0 Å². The number of aromatic hydroxyl groups is 1. The van der Waals surface area contributed by atoms with E-state index in [1.54, 1.807) is 24.4 Å². The number of hydrogen-bond donors (Lipinski definition) is 2. The minimum atomic E-state index is -3.66. The summed E-state index contributed by atoms with van der Waals surface area (Å²) in [6.45, 7) is 6.45. The first-order valence-corrected chi connectivity index (χ1v) is 10.1. The minimum Gasteiger partial charge on any atom is -0.507 e. The summed E-state index contributed by atoms with van der Waals surface area (Å²) in [6, 6.07) is 12.0.